The van der Waals surface area contributed by atoms with Crippen molar-refractivity contribution in [2.75, 3.05) is 19.7 Å². The van der Waals surface area contributed by atoms with Crippen LogP contribution in [0.5, 0.6) is 5.75 Å². The normalized spacial score (nSPS) is 13.8. The summed E-state index contributed by atoms with van der Waals surface area (Å²) in [7, 11) is 0. The van der Waals surface area contributed by atoms with Crippen LogP contribution in [0.15, 0.2) is 60.7 Å². The maximum absolute atomic E-state index is 12.3. The molecule has 0 spiro atoms. The zero-order valence-corrected chi connectivity index (χ0v) is 13.3. The number of carbonyl (C=O) groups is 1. The second kappa shape index (κ2) is 7.47. The van der Waals surface area contributed by atoms with Crippen molar-refractivity contribution in [1.82, 2.24) is 4.90 Å². The maximum atomic E-state index is 12.3. The molecule has 0 radical (unpaired) electrons. The first kappa shape index (κ1) is 15.8. The highest BCUT2D eigenvalue weighted by Crippen LogP contribution is 2.22. The van der Waals surface area contributed by atoms with Crippen LogP contribution in [0.3, 0.4) is 0 Å². The number of nitrogens with zero attached hydrogens (tertiary/aromatic N) is 2. The summed E-state index contributed by atoms with van der Waals surface area (Å²) >= 11 is 0. The minimum Gasteiger partial charge on any atom is -0.484 e. The lowest BCUT2D eigenvalue weighted by atomic mass is 10.00. The van der Waals surface area contributed by atoms with E-state index in [1.807, 2.05) is 18.2 Å². The first-order valence-electron chi connectivity index (χ1n) is 7.91. The molecule has 1 heterocycles. The van der Waals surface area contributed by atoms with E-state index in [2.05, 4.69) is 24.3 Å². The maximum Gasteiger partial charge on any atom is 0.260 e. The van der Waals surface area contributed by atoms with Gasteiger partial charge in [0, 0.05) is 13.1 Å². The van der Waals surface area contributed by atoms with E-state index < -0.39 is 0 Å². The van der Waals surface area contributed by atoms with Crippen LogP contribution in [0, 0.1) is 11.3 Å². The van der Waals surface area contributed by atoms with Gasteiger partial charge in [0.25, 0.3) is 5.91 Å². The van der Waals surface area contributed by atoms with E-state index in [9.17, 15) is 4.79 Å². The number of rotatable bonds is 4. The van der Waals surface area contributed by atoms with Gasteiger partial charge >= 0.3 is 0 Å². The fourth-order valence-electron chi connectivity index (χ4n) is 2.70. The average Bonchev–Trinajstić information content (AvgIpc) is 2.67. The Morgan fingerprint density at radius 2 is 2.00 bits per heavy atom. The van der Waals surface area contributed by atoms with Gasteiger partial charge in [-0.15, -0.1) is 0 Å². The highest BCUT2D eigenvalue weighted by Gasteiger charge is 2.18. The van der Waals surface area contributed by atoms with Crippen molar-refractivity contribution in [3.63, 3.8) is 0 Å². The molecule has 0 bridgehead atoms. The molecule has 2 aromatic rings. The Balaban J connectivity index is 1.55. The summed E-state index contributed by atoms with van der Waals surface area (Å²) in [6.45, 7) is 1.29. The van der Waals surface area contributed by atoms with Gasteiger partial charge in [0.1, 0.15) is 5.75 Å². The van der Waals surface area contributed by atoms with Crippen LogP contribution in [0.4, 0.5) is 0 Å². The Hall–Kier alpha value is -3.06. The lowest BCUT2D eigenvalue weighted by Crippen LogP contribution is -2.37. The van der Waals surface area contributed by atoms with Crippen LogP contribution in [0.2, 0.25) is 0 Å². The number of ether oxygens (including phenoxy) is 1. The standard InChI is InChI=1S/C20H18N2O2/c21-14-16-5-4-8-19(13-16)24-15-20(23)22-11-9-18(10-12-22)17-6-2-1-3-7-17/h1-9,13H,10-12,15H2. The summed E-state index contributed by atoms with van der Waals surface area (Å²) < 4.78 is 5.51. The van der Waals surface area contributed by atoms with E-state index in [1.165, 1.54) is 11.1 Å². The van der Waals surface area contributed by atoms with Crippen LogP contribution in [0.1, 0.15) is 17.5 Å². The van der Waals surface area contributed by atoms with E-state index in [0.717, 1.165) is 6.42 Å². The number of carbonyl (C=O) groups excluding carboxylic acids is 1. The predicted octanol–water partition coefficient (Wildman–Crippen LogP) is 3.25. The number of hydrogen-bond acceptors (Lipinski definition) is 3. The lowest BCUT2D eigenvalue weighted by Gasteiger charge is -2.26. The molecule has 1 amide bonds. The van der Waals surface area contributed by atoms with Crippen molar-refractivity contribution in [2.24, 2.45) is 0 Å². The molecule has 0 fully saturated rings. The van der Waals surface area contributed by atoms with E-state index >= 15 is 0 Å². The molecule has 2 aromatic carbocycles. The molecule has 24 heavy (non-hydrogen) atoms. The minimum absolute atomic E-state index is 0.0105. The largest absolute Gasteiger partial charge is 0.484 e. The molecule has 0 unspecified atom stereocenters. The molecule has 0 N–H and O–H groups in total. The van der Waals surface area contributed by atoms with Gasteiger partial charge < -0.3 is 9.64 Å². The Morgan fingerprint density at radius 3 is 2.71 bits per heavy atom. The van der Waals surface area contributed by atoms with Crippen LogP contribution < -0.4 is 4.74 Å². The molecule has 1 aliphatic heterocycles. The first-order valence-corrected chi connectivity index (χ1v) is 7.91. The number of hydrogen-bond donors (Lipinski definition) is 0. The molecule has 4 nitrogen and oxygen atoms in total. The summed E-state index contributed by atoms with van der Waals surface area (Å²) in [4.78, 5) is 14.1. The van der Waals surface area contributed by atoms with E-state index in [-0.39, 0.29) is 12.5 Å². The van der Waals surface area contributed by atoms with Gasteiger partial charge in [0.15, 0.2) is 6.61 Å². The van der Waals surface area contributed by atoms with Crippen LogP contribution in [0.25, 0.3) is 5.57 Å². The van der Waals surface area contributed by atoms with Crippen molar-refractivity contribution in [3.8, 4) is 11.8 Å². The molecular formula is C20H18N2O2. The third-order valence-corrected chi connectivity index (χ3v) is 4.03. The van der Waals surface area contributed by atoms with Crippen molar-refractivity contribution in [1.29, 1.82) is 5.26 Å². The Morgan fingerprint density at radius 1 is 1.17 bits per heavy atom. The predicted molar refractivity (Wildman–Crippen MR) is 92.3 cm³/mol. The van der Waals surface area contributed by atoms with E-state index in [1.54, 1.807) is 29.2 Å². The second-order valence-electron chi connectivity index (χ2n) is 5.61. The van der Waals surface area contributed by atoms with Crippen LogP contribution >= 0.6 is 0 Å². The third kappa shape index (κ3) is 3.82. The molecule has 1 aliphatic rings. The molecule has 0 aromatic heterocycles. The molecule has 0 saturated carbocycles. The SMILES string of the molecule is N#Cc1cccc(OCC(=O)N2CC=C(c3ccccc3)CC2)c1. The monoisotopic (exact) mass is 318 g/mol. The zero-order chi connectivity index (χ0) is 16.8. The zero-order valence-electron chi connectivity index (χ0n) is 13.3. The van der Waals surface area contributed by atoms with Crippen molar-refractivity contribution < 1.29 is 9.53 Å². The van der Waals surface area contributed by atoms with E-state index in [0.29, 0.717) is 24.4 Å². The number of amides is 1. The Labute approximate surface area is 141 Å². The number of nitriles is 1. The Bertz CT molecular complexity index is 791. The van der Waals surface area contributed by atoms with Gasteiger partial charge in [-0.25, -0.2) is 0 Å². The third-order valence-electron chi connectivity index (χ3n) is 4.03. The van der Waals surface area contributed by atoms with Gasteiger partial charge in [-0.1, -0.05) is 42.5 Å². The Kier molecular flexibility index (Phi) is 4.93. The van der Waals surface area contributed by atoms with Crippen molar-refractivity contribution in [3.05, 3.63) is 71.8 Å². The first-order chi connectivity index (χ1) is 11.8. The van der Waals surface area contributed by atoms with Gasteiger partial charge in [0.2, 0.25) is 0 Å². The topological polar surface area (TPSA) is 53.3 Å². The molecule has 0 atom stereocenters. The summed E-state index contributed by atoms with van der Waals surface area (Å²) in [5, 5.41) is 8.87. The van der Waals surface area contributed by atoms with Gasteiger partial charge in [0.05, 0.1) is 11.6 Å². The molecule has 0 saturated heterocycles. The smallest absolute Gasteiger partial charge is 0.260 e. The summed E-state index contributed by atoms with van der Waals surface area (Å²) in [5.74, 6) is 0.501. The fourth-order valence-corrected chi connectivity index (χ4v) is 2.70. The molecule has 0 aliphatic carbocycles. The molecule has 120 valence electrons. The summed E-state index contributed by atoms with van der Waals surface area (Å²) in [6, 6.07) is 19.1. The van der Waals surface area contributed by atoms with Crippen molar-refractivity contribution >= 4 is 11.5 Å². The quantitative estimate of drug-likeness (QED) is 0.869. The van der Waals surface area contributed by atoms with E-state index in [4.69, 9.17) is 10.00 Å². The van der Waals surface area contributed by atoms with Gasteiger partial charge in [-0.2, -0.15) is 5.26 Å². The van der Waals surface area contributed by atoms with Gasteiger partial charge in [-0.3, -0.25) is 4.79 Å². The van der Waals surface area contributed by atoms with Crippen LogP contribution in [-0.2, 0) is 4.79 Å². The fraction of sp³-hybridized carbons (Fsp3) is 0.200. The van der Waals surface area contributed by atoms with Crippen LogP contribution in [-0.4, -0.2) is 30.5 Å². The lowest BCUT2D eigenvalue weighted by molar-refractivity contribution is -0.132. The highest BCUT2D eigenvalue weighted by atomic mass is 16.5. The minimum atomic E-state index is -0.0410. The molecule has 4 heteroatoms. The second-order valence-corrected chi connectivity index (χ2v) is 5.61. The summed E-state index contributed by atoms with van der Waals surface area (Å²) in [5.41, 5.74) is 3.02. The molecule has 3 rings (SSSR count). The summed E-state index contributed by atoms with van der Waals surface area (Å²) in [6.07, 6.45) is 2.95. The average molecular weight is 318 g/mol. The van der Waals surface area contributed by atoms with Gasteiger partial charge in [-0.05, 0) is 35.8 Å². The van der Waals surface area contributed by atoms with Crippen molar-refractivity contribution in [2.45, 2.75) is 6.42 Å². The highest BCUT2D eigenvalue weighted by molar-refractivity contribution is 5.79. The number of benzene rings is 2. The molecular weight excluding hydrogens is 300 g/mol.